The minimum absolute atomic E-state index is 0.0104. The van der Waals surface area contributed by atoms with E-state index in [4.69, 9.17) is 8.83 Å². The fraction of sp³-hybridized carbons (Fsp3) is 0. The molecule has 1 aromatic carbocycles. The molecular formula is C11H6O6. The average Bonchev–Trinajstić information content (AvgIpc) is 2.74. The molecule has 6 heteroatoms. The average molecular weight is 234 g/mol. The van der Waals surface area contributed by atoms with E-state index in [1.807, 2.05) is 0 Å². The quantitative estimate of drug-likeness (QED) is 0.403. The summed E-state index contributed by atoms with van der Waals surface area (Å²) in [4.78, 5) is 11.1. The molecule has 86 valence electrons. The van der Waals surface area contributed by atoms with Crippen molar-refractivity contribution >= 4 is 21.9 Å². The van der Waals surface area contributed by atoms with Gasteiger partial charge in [0.25, 0.3) is 0 Å². The lowest BCUT2D eigenvalue weighted by Crippen LogP contribution is -1.95. The van der Waals surface area contributed by atoms with Gasteiger partial charge in [0.15, 0.2) is 11.2 Å². The van der Waals surface area contributed by atoms with Crippen LogP contribution in [0, 0.1) is 0 Å². The van der Waals surface area contributed by atoms with Crippen molar-refractivity contribution in [2.75, 3.05) is 0 Å². The molecule has 0 saturated carbocycles. The maximum absolute atomic E-state index is 11.1. The molecule has 0 amide bonds. The van der Waals surface area contributed by atoms with Gasteiger partial charge in [-0.2, -0.15) is 0 Å². The summed E-state index contributed by atoms with van der Waals surface area (Å²) in [6.45, 7) is 0. The summed E-state index contributed by atoms with van der Waals surface area (Å²) in [5.74, 6) is -1.22. The van der Waals surface area contributed by atoms with Crippen molar-refractivity contribution in [3.05, 3.63) is 28.8 Å². The fourth-order valence-corrected chi connectivity index (χ4v) is 1.79. The molecule has 3 aromatic rings. The van der Waals surface area contributed by atoms with Crippen LogP contribution < -0.4 is 5.63 Å². The monoisotopic (exact) mass is 234 g/mol. The highest BCUT2D eigenvalue weighted by atomic mass is 16.4. The van der Waals surface area contributed by atoms with Gasteiger partial charge >= 0.3 is 5.63 Å². The highest BCUT2D eigenvalue weighted by Gasteiger charge is 2.20. The Morgan fingerprint density at radius 1 is 1.06 bits per heavy atom. The summed E-state index contributed by atoms with van der Waals surface area (Å²) in [5, 5.41) is 29.4. The first-order valence-electron chi connectivity index (χ1n) is 4.67. The van der Waals surface area contributed by atoms with E-state index in [1.165, 1.54) is 12.3 Å². The van der Waals surface area contributed by atoms with Crippen molar-refractivity contribution < 1.29 is 24.2 Å². The van der Waals surface area contributed by atoms with Crippen LogP contribution in [0.4, 0.5) is 0 Å². The van der Waals surface area contributed by atoms with Gasteiger partial charge in [0.1, 0.15) is 16.9 Å². The summed E-state index contributed by atoms with van der Waals surface area (Å²) < 4.78 is 9.71. The number of furan rings is 1. The van der Waals surface area contributed by atoms with Crippen LogP contribution in [0.25, 0.3) is 21.9 Å². The van der Waals surface area contributed by atoms with Crippen molar-refractivity contribution in [1.29, 1.82) is 0 Å². The molecule has 0 saturated heterocycles. The third-order valence-electron chi connectivity index (χ3n) is 2.53. The first-order chi connectivity index (χ1) is 8.09. The van der Waals surface area contributed by atoms with Crippen molar-refractivity contribution in [2.45, 2.75) is 0 Å². The summed E-state index contributed by atoms with van der Waals surface area (Å²) in [6.07, 6.45) is 1.26. The van der Waals surface area contributed by atoms with Gasteiger partial charge in [-0.05, 0) is 6.07 Å². The van der Waals surface area contributed by atoms with Gasteiger partial charge in [-0.15, -0.1) is 0 Å². The van der Waals surface area contributed by atoms with E-state index in [-0.39, 0.29) is 27.7 Å². The molecule has 0 radical (unpaired) electrons. The SMILES string of the molecule is O=c1cc(O)c2c(O)c3ccoc3c(O)c2o1. The molecule has 2 heterocycles. The van der Waals surface area contributed by atoms with Gasteiger partial charge < -0.3 is 24.2 Å². The van der Waals surface area contributed by atoms with Gasteiger partial charge in [0.2, 0.25) is 5.75 Å². The number of phenols is 2. The van der Waals surface area contributed by atoms with Gasteiger partial charge in [0, 0.05) is 0 Å². The summed E-state index contributed by atoms with van der Waals surface area (Å²) in [5.41, 5.74) is -1.16. The van der Waals surface area contributed by atoms with Crippen LogP contribution in [0.5, 0.6) is 17.2 Å². The minimum Gasteiger partial charge on any atom is -0.507 e. The van der Waals surface area contributed by atoms with Crippen molar-refractivity contribution in [3.8, 4) is 17.2 Å². The van der Waals surface area contributed by atoms with E-state index in [0.717, 1.165) is 6.07 Å². The fourth-order valence-electron chi connectivity index (χ4n) is 1.79. The first-order valence-corrected chi connectivity index (χ1v) is 4.67. The zero-order valence-corrected chi connectivity index (χ0v) is 8.30. The highest BCUT2D eigenvalue weighted by molar-refractivity contribution is 6.08. The number of benzene rings is 1. The van der Waals surface area contributed by atoms with Gasteiger partial charge in [-0.25, -0.2) is 4.79 Å². The predicted octanol–water partition coefficient (Wildman–Crippen LogP) is 1.66. The molecule has 0 atom stereocenters. The Bertz CT molecular complexity index is 795. The van der Waals surface area contributed by atoms with E-state index in [9.17, 15) is 20.1 Å². The number of fused-ring (bicyclic) bond motifs is 2. The van der Waals surface area contributed by atoms with Gasteiger partial charge in [0.05, 0.1) is 17.7 Å². The van der Waals surface area contributed by atoms with Gasteiger partial charge in [-0.3, -0.25) is 0 Å². The molecule has 0 unspecified atom stereocenters. The molecule has 17 heavy (non-hydrogen) atoms. The van der Waals surface area contributed by atoms with Crippen LogP contribution in [0.2, 0.25) is 0 Å². The standard InChI is InChI=1S/C11H6O6/c12-5-3-6(13)17-11-7(5)8(14)4-1-2-16-10(4)9(11)15/h1-3,12,14-15H. The smallest absolute Gasteiger partial charge is 0.340 e. The van der Waals surface area contributed by atoms with E-state index in [1.54, 1.807) is 0 Å². The highest BCUT2D eigenvalue weighted by Crippen LogP contribution is 2.44. The van der Waals surface area contributed by atoms with Crippen LogP contribution in [0.15, 0.2) is 32.0 Å². The summed E-state index contributed by atoms with van der Waals surface area (Å²) >= 11 is 0. The molecule has 0 bridgehead atoms. The predicted molar refractivity (Wildman–Crippen MR) is 57.3 cm³/mol. The zero-order valence-electron chi connectivity index (χ0n) is 8.30. The van der Waals surface area contributed by atoms with Crippen molar-refractivity contribution in [1.82, 2.24) is 0 Å². The lowest BCUT2D eigenvalue weighted by Gasteiger charge is -2.05. The zero-order chi connectivity index (χ0) is 12.2. The molecule has 2 aromatic heterocycles. The third-order valence-corrected chi connectivity index (χ3v) is 2.53. The molecule has 0 aliphatic heterocycles. The van der Waals surface area contributed by atoms with E-state index < -0.39 is 17.1 Å². The summed E-state index contributed by atoms with van der Waals surface area (Å²) in [7, 11) is 0. The Morgan fingerprint density at radius 2 is 1.82 bits per heavy atom. The second kappa shape index (κ2) is 2.94. The van der Waals surface area contributed by atoms with Crippen molar-refractivity contribution in [3.63, 3.8) is 0 Å². The molecule has 3 rings (SSSR count). The molecule has 0 aliphatic rings. The number of aromatic hydroxyl groups is 3. The second-order valence-electron chi connectivity index (χ2n) is 3.52. The van der Waals surface area contributed by atoms with Crippen molar-refractivity contribution in [2.24, 2.45) is 0 Å². The lowest BCUT2D eigenvalue weighted by atomic mass is 10.1. The topological polar surface area (TPSA) is 104 Å². The maximum atomic E-state index is 11.1. The molecule has 0 aliphatic carbocycles. The van der Waals surface area contributed by atoms with E-state index in [0.29, 0.717) is 0 Å². The number of hydrogen-bond acceptors (Lipinski definition) is 6. The Kier molecular flexibility index (Phi) is 1.66. The summed E-state index contributed by atoms with van der Waals surface area (Å²) in [6, 6.07) is 2.24. The Balaban J connectivity index is 2.73. The molecule has 6 nitrogen and oxygen atoms in total. The van der Waals surface area contributed by atoms with E-state index in [2.05, 4.69) is 0 Å². The van der Waals surface area contributed by atoms with Crippen LogP contribution in [0.3, 0.4) is 0 Å². The normalized spacial score (nSPS) is 11.3. The minimum atomic E-state index is -0.837. The Hall–Kier alpha value is -2.63. The molecular weight excluding hydrogens is 228 g/mol. The molecule has 3 N–H and O–H groups in total. The van der Waals surface area contributed by atoms with Gasteiger partial charge in [-0.1, -0.05) is 0 Å². The van der Waals surface area contributed by atoms with E-state index >= 15 is 0 Å². The van der Waals surface area contributed by atoms with Crippen LogP contribution >= 0.6 is 0 Å². The Morgan fingerprint density at radius 3 is 2.59 bits per heavy atom. The maximum Gasteiger partial charge on any atom is 0.340 e. The molecule has 0 spiro atoms. The molecule has 0 fully saturated rings. The van der Waals surface area contributed by atoms with Crippen LogP contribution in [-0.2, 0) is 0 Å². The van der Waals surface area contributed by atoms with Crippen LogP contribution in [0.1, 0.15) is 0 Å². The van der Waals surface area contributed by atoms with Crippen LogP contribution in [-0.4, -0.2) is 15.3 Å². The Labute approximate surface area is 92.9 Å². The number of phenolic OH excluding ortho intramolecular Hbond substituents is 2. The number of rotatable bonds is 0. The lowest BCUT2D eigenvalue weighted by molar-refractivity contribution is 0.433. The number of hydrogen-bond donors (Lipinski definition) is 3. The largest absolute Gasteiger partial charge is 0.507 e. The second-order valence-corrected chi connectivity index (χ2v) is 3.52. The first kappa shape index (κ1) is 9.59. The third kappa shape index (κ3) is 1.12.